The predicted octanol–water partition coefficient (Wildman–Crippen LogP) is 2.87. The van der Waals surface area contributed by atoms with Crippen molar-refractivity contribution in [1.29, 1.82) is 0 Å². The summed E-state index contributed by atoms with van der Waals surface area (Å²) < 4.78 is 16.6. The summed E-state index contributed by atoms with van der Waals surface area (Å²) >= 11 is 0. The highest BCUT2D eigenvalue weighted by molar-refractivity contribution is 5.67. The van der Waals surface area contributed by atoms with Gasteiger partial charge in [0, 0.05) is 26.2 Å². The summed E-state index contributed by atoms with van der Waals surface area (Å²) in [4.78, 5) is 14.2. The monoisotopic (exact) mass is 384 g/mol. The number of benzene rings is 2. The van der Waals surface area contributed by atoms with Gasteiger partial charge >= 0.3 is 6.09 Å². The number of nitrogens with zero attached hydrogens (tertiary/aromatic N) is 1. The Hall–Kier alpha value is -2.57. The van der Waals surface area contributed by atoms with E-state index in [0.717, 1.165) is 49.7 Å². The largest absolute Gasteiger partial charge is 0.492 e. The molecule has 0 saturated carbocycles. The molecule has 0 spiro atoms. The minimum Gasteiger partial charge on any atom is -0.492 e. The van der Waals surface area contributed by atoms with E-state index in [9.17, 15) is 4.79 Å². The molecule has 2 aromatic rings. The van der Waals surface area contributed by atoms with E-state index in [4.69, 9.17) is 14.2 Å². The lowest BCUT2D eigenvalue weighted by molar-refractivity contribution is 0.0322. The van der Waals surface area contributed by atoms with Crippen LogP contribution < -0.4 is 10.1 Å². The van der Waals surface area contributed by atoms with Crippen molar-refractivity contribution in [2.75, 3.05) is 46.0 Å². The van der Waals surface area contributed by atoms with Gasteiger partial charge in [-0.25, -0.2) is 4.79 Å². The third kappa shape index (κ3) is 6.87. The van der Waals surface area contributed by atoms with Crippen molar-refractivity contribution in [2.45, 2.75) is 13.0 Å². The van der Waals surface area contributed by atoms with Crippen LogP contribution >= 0.6 is 0 Å². The lowest BCUT2D eigenvalue weighted by Gasteiger charge is -2.26. The van der Waals surface area contributed by atoms with Crippen molar-refractivity contribution in [2.24, 2.45) is 0 Å². The van der Waals surface area contributed by atoms with Gasteiger partial charge in [-0.1, -0.05) is 48.5 Å². The number of carbonyl (C=O) groups excluding carboxylic acids is 1. The maximum atomic E-state index is 11.9. The van der Waals surface area contributed by atoms with Gasteiger partial charge in [-0.3, -0.25) is 4.90 Å². The van der Waals surface area contributed by atoms with E-state index in [0.29, 0.717) is 19.6 Å². The minimum atomic E-state index is -0.408. The summed E-state index contributed by atoms with van der Waals surface area (Å²) in [7, 11) is 0. The second kappa shape index (κ2) is 11.3. The summed E-state index contributed by atoms with van der Waals surface area (Å²) in [5.41, 5.74) is 2.05. The molecular weight excluding hydrogens is 356 g/mol. The number of ether oxygens (including phenoxy) is 3. The molecule has 150 valence electrons. The highest BCUT2D eigenvalue weighted by atomic mass is 16.5. The summed E-state index contributed by atoms with van der Waals surface area (Å²) in [6.07, 6.45) is 0.281. The van der Waals surface area contributed by atoms with Crippen molar-refractivity contribution in [3.8, 4) is 5.75 Å². The number of para-hydroxylation sites is 1. The second-order valence-electron chi connectivity index (χ2n) is 6.65. The zero-order valence-corrected chi connectivity index (χ0v) is 16.1. The molecule has 1 heterocycles. The topological polar surface area (TPSA) is 60.0 Å². The zero-order valence-electron chi connectivity index (χ0n) is 16.1. The lowest BCUT2D eigenvalue weighted by Crippen LogP contribution is -2.38. The zero-order chi connectivity index (χ0) is 19.4. The molecule has 0 aromatic heterocycles. The number of morpholine rings is 1. The van der Waals surface area contributed by atoms with Crippen LogP contribution in [-0.2, 0) is 22.5 Å². The Bertz CT molecular complexity index is 717. The van der Waals surface area contributed by atoms with E-state index >= 15 is 0 Å². The molecule has 1 aliphatic heterocycles. The number of amides is 1. The van der Waals surface area contributed by atoms with Gasteiger partial charge in [-0.2, -0.15) is 0 Å². The van der Waals surface area contributed by atoms with Crippen molar-refractivity contribution in [1.82, 2.24) is 10.2 Å². The summed E-state index contributed by atoms with van der Waals surface area (Å²) in [5.74, 6) is 0.871. The number of nitrogens with one attached hydrogen (secondary N) is 1. The average molecular weight is 384 g/mol. The first-order valence-corrected chi connectivity index (χ1v) is 9.76. The van der Waals surface area contributed by atoms with Crippen LogP contribution in [0.3, 0.4) is 0 Å². The molecule has 0 unspecified atom stereocenters. The van der Waals surface area contributed by atoms with Crippen LogP contribution in [0.5, 0.6) is 5.75 Å². The Labute approximate surface area is 166 Å². The fourth-order valence-electron chi connectivity index (χ4n) is 3.03. The maximum absolute atomic E-state index is 11.9. The van der Waals surface area contributed by atoms with Gasteiger partial charge < -0.3 is 19.5 Å². The average Bonchev–Trinajstić information content (AvgIpc) is 2.75. The van der Waals surface area contributed by atoms with Gasteiger partial charge in [0.15, 0.2) is 0 Å². The van der Waals surface area contributed by atoms with Crippen LogP contribution in [0, 0.1) is 0 Å². The van der Waals surface area contributed by atoms with Crippen LogP contribution in [0.4, 0.5) is 4.79 Å². The van der Waals surface area contributed by atoms with Crippen molar-refractivity contribution in [3.63, 3.8) is 0 Å². The molecule has 0 radical (unpaired) electrons. The Morgan fingerprint density at radius 2 is 1.79 bits per heavy atom. The molecule has 1 amide bonds. The highest BCUT2D eigenvalue weighted by Gasteiger charge is 2.11. The third-order valence-corrected chi connectivity index (χ3v) is 4.62. The normalized spacial score (nSPS) is 14.4. The first-order chi connectivity index (χ1) is 13.8. The highest BCUT2D eigenvalue weighted by Crippen LogP contribution is 2.18. The lowest BCUT2D eigenvalue weighted by atomic mass is 10.1. The van der Waals surface area contributed by atoms with Gasteiger partial charge in [0.2, 0.25) is 0 Å². The molecule has 1 fully saturated rings. The molecule has 0 aliphatic carbocycles. The Morgan fingerprint density at radius 1 is 1.04 bits per heavy atom. The maximum Gasteiger partial charge on any atom is 0.407 e. The van der Waals surface area contributed by atoms with Crippen molar-refractivity contribution < 1.29 is 19.0 Å². The van der Waals surface area contributed by atoms with E-state index in [-0.39, 0.29) is 6.61 Å². The number of alkyl carbamates (subject to hydrolysis) is 1. The Morgan fingerprint density at radius 3 is 2.61 bits per heavy atom. The van der Waals surface area contributed by atoms with Crippen molar-refractivity contribution >= 4 is 6.09 Å². The molecule has 28 heavy (non-hydrogen) atoms. The van der Waals surface area contributed by atoms with E-state index < -0.39 is 6.09 Å². The van der Waals surface area contributed by atoms with Crippen LogP contribution in [0.1, 0.15) is 11.1 Å². The molecule has 3 rings (SSSR count). The predicted molar refractivity (Wildman–Crippen MR) is 108 cm³/mol. The van der Waals surface area contributed by atoms with E-state index in [1.807, 2.05) is 54.6 Å². The fraction of sp³-hybridized carbons (Fsp3) is 0.409. The van der Waals surface area contributed by atoms with Gasteiger partial charge in [-0.05, 0) is 23.6 Å². The Balaban J connectivity index is 1.37. The minimum absolute atomic E-state index is 0.272. The molecular formula is C22H28N2O4. The number of rotatable bonds is 9. The molecule has 1 N–H and O–H groups in total. The van der Waals surface area contributed by atoms with E-state index in [1.165, 1.54) is 0 Å². The summed E-state index contributed by atoms with van der Waals surface area (Å²) in [5, 5.41) is 2.80. The van der Waals surface area contributed by atoms with Gasteiger partial charge in [0.1, 0.15) is 19.0 Å². The van der Waals surface area contributed by atoms with E-state index in [1.54, 1.807) is 0 Å². The van der Waals surface area contributed by atoms with Crippen molar-refractivity contribution in [3.05, 3.63) is 65.7 Å². The SMILES string of the molecule is O=C(NCCc1ccccc1OCCN1CCOCC1)OCc1ccccc1. The first kappa shape index (κ1) is 20.2. The number of hydrogen-bond donors (Lipinski definition) is 1. The molecule has 6 heteroatoms. The number of hydrogen-bond acceptors (Lipinski definition) is 5. The molecule has 0 bridgehead atoms. The standard InChI is InChI=1S/C22H28N2O4/c25-22(28-18-19-6-2-1-3-7-19)23-11-10-20-8-4-5-9-21(20)27-17-14-24-12-15-26-16-13-24/h1-9H,10-18H2,(H,23,25). The van der Waals surface area contributed by atoms with Crippen LogP contribution in [-0.4, -0.2) is 57.0 Å². The molecule has 1 saturated heterocycles. The molecule has 6 nitrogen and oxygen atoms in total. The quantitative estimate of drug-likeness (QED) is 0.720. The molecule has 2 aromatic carbocycles. The Kier molecular flexibility index (Phi) is 8.15. The van der Waals surface area contributed by atoms with Crippen LogP contribution in [0.15, 0.2) is 54.6 Å². The van der Waals surface area contributed by atoms with E-state index in [2.05, 4.69) is 10.2 Å². The summed E-state index contributed by atoms with van der Waals surface area (Å²) in [6.45, 7) is 5.81. The smallest absolute Gasteiger partial charge is 0.407 e. The summed E-state index contributed by atoms with van der Waals surface area (Å²) in [6, 6.07) is 17.6. The number of carbonyl (C=O) groups is 1. The second-order valence-corrected chi connectivity index (χ2v) is 6.65. The van der Waals surface area contributed by atoms with Gasteiger partial charge in [0.25, 0.3) is 0 Å². The third-order valence-electron chi connectivity index (χ3n) is 4.62. The molecule has 0 atom stereocenters. The van der Waals surface area contributed by atoms with Crippen LogP contribution in [0.25, 0.3) is 0 Å². The molecule has 1 aliphatic rings. The van der Waals surface area contributed by atoms with Crippen LogP contribution in [0.2, 0.25) is 0 Å². The fourth-order valence-corrected chi connectivity index (χ4v) is 3.03. The van der Waals surface area contributed by atoms with Gasteiger partial charge in [0.05, 0.1) is 13.2 Å². The van der Waals surface area contributed by atoms with Gasteiger partial charge in [-0.15, -0.1) is 0 Å². The first-order valence-electron chi connectivity index (χ1n) is 9.76.